The van der Waals surface area contributed by atoms with Crippen LogP contribution in [0.1, 0.15) is 116 Å². The highest BCUT2D eigenvalue weighted by Gasteiger charge is 2.06. The number of Topliss-reactive ketones (excluding diaryl/α,β-unsaturated/α-hetero) is 1. The molecule has 0 rings (SSSR count). The second-order valence-electron chi connectivity index (χ2n) is 7.15. The second kappa shape index (κ2) is 22.5. The van der Waals surface area contributed by atoms with E-state index in [1.165, 1.54) is 77.0 Å². The first kappa shape index (κ1) is 27.6. The summed E-state index contributed by atoms with van der Waals surface area (Å²) < 4.78 is 0. The highest BCUT2D eigenvalue weighted by Crippen LogP contribution is 2.11. The Bertz CT molecular complexity index is 353. The zero-order valence-electron chi connectivity index (χ0n) is 16.4. The lowest BCUT2D eigenvalue weighted by Crippen LogP contribution is -2.05. The molecule has 0 fully saturated rings. The summed E-state index contributed by atoms with van der Waals surface area (Å²) >= 11 is 0. The number of hydrogen-bond acceptors (Lipinski definition) is 2. The van der Waals surface area contributed by atoms with E-state index in [4.69, 9.17) is 5.11 Å². The second-order valence-corrected chi connectivity index (χ2v) is 7.15. The zero-order valence-corrected chi connectivity index (χ0v) is 16.4. The molecule has 0 radical (unpaired) electrons. The number of ketones is 1. The highest BCUT2D eigenvalue weighted by atomic mass is 27.0. The molecule has 0 aliphatic rings. The molecule has 4 heteroatoms. The predicted octanol–water partition coefficient (Wildman–Crippen LogP) is 5.66. The number of allylic oxidation sites excluding steroid dienone is 2. The molecule has 0 aromatic rings. The van der Waals surface area contributed by atoms with Gasteiger partial charge in [0.25, 0.3) is 0 Å². The van der Waals surface area contributed by atoms with Crippen LogP contribution in [0.25, 0.3) is 0 Å². The monoisotopic (exact) mass is 382 g/mol. The van der Waals surface area contributed by atoms with E-state index < -0.39 is 5.97 Å². The number of carbonyl (C=O) groups is 2. The number of unbranched alkanes of at least 4 members (excludes halogenated alkanes) is 13. The Labute approximate surface area is 172 Å². The molecule has 0 bridgehead atoms. The average Bonchev–Trinajstić information content (AvgIpc) is 2.57. The van der Waals surface area contributed by atoms with Crippen LogP contribution >= 0.6 is 0 Å². The van der Waals surface area contributed by atoms with E-state index in [2.05, 4.69) is 19.1 Å². The quantitative estimate of drug-likeness (QED) is 0.136. The van der Waals surface area contributed by atoms with Crippen molar-refractivity contribution in [2.45, 2.75) is 116 Å². The van der Waals surface area contributed by atoms with Crippen LogP contribution < -0.4 is 0 Å². The van der Waals surface area contributed by atoms with Crippen molar-refractivity contribution in [3.05, 3.63) is 12.2 Å². The fraction of sp³-hybridized carbons (Fsp3) is 0.818. The van der Waals surface area contributed by atoms with Gasteiger partial charge in [0, 0.05) is 6.42 Å². The molecule has 152 valence electrons. The minimum Gasteiger partial charge on any atom is -0.481 e. The van der Waals surface area contributed by atoms with E-state index in [0.29, 0.717) is 6.42 Å². The largest absolute Gasteiger partial charge is 0.481 e. The Hall–Kier alpha value is -0.588. The molecule has 0 saturated heterocycles. The third kappa shape index (κ3) is 23.4. The lowest BCUT2D eigenvalue weighted by atomic mass is 10.0. The molecule has 0 aliphatic heterocycles. The van der Waals surface area contributed by atoms with Gasteiger partial charge in [0.15, 0.2) is 17.4 Å². The fourth-order valence-corrected chi connectivity index (χ4v) is 3.00. The molecular weight excluding hydrogens is 339 g/mol. The van der Waals surface area contributed by atoms with Gasteiger partial charge in [-0.3, -0.25) is 9.59 Å². The number of rotatable bonds is 19. The van der Waals surface area contributed by atoms with E-state index in [0.717, 1.165) is 19.3 Å². The first-order valence-corrected chi connectivity index (χ1v) is 10.5. The van der Waals surface area contributed by atoms with Gasteiger partial charge in [0.05, 0.1) is 0 Å². The number of aliphatic carboxylic acids is 1. The maximum Gasteiger partial charge on any atom is 0.310 e. The Morgan fingerprint density at radius 1 is 0.692 bits per heavy atom. The fourth-order valence-electron chi connectivity index (χ4n) is 3.00. The molecule has 0 heterocycles. The van der Waals surface area contributed by atoms with Gasteiger partial charge in [-0.1, -0.05) is 83.3 Å². The summed E-state index contributed by atoms with van der Waals surface area (Å²) in [4.78, 5) is 21.6. The molecule has 0 aromatic heterocycles. The van der Waals surface area contributed by atoms with Crippen molar-refractivity contribution >= 4 is 29.1 Å². The summed E-state index contributed by atoms with van der Waals surface area (Å²) in [6, 6.07) is 0. The lowest BCUT2D eigenvalue weighted by molar-refractivity contribution is -0.140. The van der Waals surface area contributed by atoms with Gasteiger partial charge >= 0.3 is 5.97 Å². The standard InChI is InChI=1S/C22H40O3.Al.3H/c1-2-3-4-5-6-7-8-9-10-11-12-13-14-15-16-17-18-19-21(23)20-22(24)25;;;;/h9-10H,2-8,11-20H2,1H3,(H,24,25);;;;/b10-9-;;;;. The van der Waals surface area contributed by atoms with Crippen LogP contribution in [0.5, 0.6) is 0 Å². The predicted molar refractivity (Wildman–Crippen MR) is 116 cm³/mol. The van der Waals surface area contributed by atoms with Crippen molar-refractivity contribution in [2.75, 3.05) is 0 Å². The molecule has 0 atom stereocenters. The summed E-state index contributed by atoms with van der Waals surface area (Å²) in [6.45, 7) is 2.26. The van der Waals surface area contributed by atoms with Crippen molar-refractivity contribution in [1.29, 1.82) is 0 Å². The Kier molecular flexibility index (Phi) is 23.9. The number of hydrogen-bond donors (Lipinski definition) is 1. The first-order valence-electron chi connectivity index (χ1n) is 10.5. The Morgan fingerprint density at radius 2 is 1.12 bits per heavy atom. The third-order valence-corrected chi connectivity index (χ3v) is 4.57. The van der Waals surface area contributed by atoms with Crippen molar-refractivity contribution in [1.82, 2.24) is 0 Å². The minimum atomic E-state index is -1.01. The molecule has 3 nitrogen and oxygen atoms in total. The Balaban J connectivity index is 0. The van der Waals surface area contributed by atoms with Gasteiger partial charge in [-0.2, -0.15) is 0 Å². The zero-order chi connectivity index (χ0) is 18.6. The molecule has 0 unspecified atom stereocenters. The maximum atomic E-state index is 11.2. The smallest absolute Gasteiger partial charge is 0.310 e. The van der Waals surface area contributed by atoms with Crippen molar-refractivity contribution < 1.29 is 14.7 Å². The van der Waals surface area contributed by atoms with Crippen molar-refractivity contribution in [2.24, 2.45) is 0 Å². The summed E-state index contributed by atoms with van der Waals surface area (Å²) in [7, 11) is 0. The van der Waals surface area contributed by atoms with Crippen molar-refractivity contribution in [3.63, 3.8) is 0 Å². The maximum absolute atomic E-state index is 11.2. The van der Waals surface area contributed by atoms with Gasteiger partial charge in [0.2, 0.25) is 0 Å². The van der Waals surface area contributed by atoms with Gasteiger partial charge in [0.1, 0.15) is 12.2 Å². The average molecular weight is 383 g/mol. The van der Waals surface area contributed by atoms with Gasteiger partial charge in [-0.15, -0.1) is 0 Å². The van der Waals surface area contributed by atoms with E-state index >= 15 is 0 Å². The normalized spacial score (nSPS) is 10.8. The molecule has 0 saturated carbocycles. The summed E-state index contributed by atoms with van der Waals surface area (Å²) in [6.07, 6.45) is 23.6. The van der Waals surface area contributed by atoms with Crippen LogP contribution in [0, 0.1) is 0 Å². The highest BCUT2D eigenvalue weighted by molar-refractivity contribution is 5.94. The van der Waals surface area contributed by atoms with Gasteiger partial charge in [-0.05, 0) is 32.1 Å². The van der Waals surface area contributed by atoms with Crippen LogP contribution in [-0.4, -0.2) is 34.2 Å². The summed E-state index contributed by atoms with van der Waals surface area (Å²) in [5.74, 6) is -1.15. The molecule has 26 heavy (non-hydrogen) atoms. The SMILES string of the molecule is CCCCCCCC/C=C\CCCCCCCCCC(=O)CC(=O)O.[AlH3]. The van der Waals surface area contributed by atoms with Crippen LogP contribution in [-0.2, 0) is 9.59 Å². The topological polar surface area (TPSA) is 54.4 Å². The molecule has 1 N–H and O–H groups in total. The van der Waals surface area contributed by atoms with Crippen LogP contribution in [0.2, 0.25) is 0 Å². The van der Waals surface area contributed by atoms with Crippen LogP contribution in [0.3, 0.4) is 0 Å². The molecule has 0 aromatic carbocycles. The number of carbonyl (C=O) groups excluding carboxylic acids is 1. The third-order valence-electron chi connectivity index (χ3n) is 4.57. The van der Waals surface area contributed by atoms with Gasteiger partial charge < -0.3 is 5.11 Å². The lowest BCUT2D eigenvalue weighted by Gasteiger charge is -2.01. The van der Waals surface area contributed by atoms with Crippen molar-refractivity contribution in [3.8, 4) is 0 Å². The van der Waals surface area contributed by atoms with Crippen LogP contribution in [0.15, 0.2) is 12.2 Å². The van der Waals surface area contributed by atoms with E-state index in [9.17, 15) is 9.59 Å². The van der Waals surface area contributed by atoms with E-state index in [1.54, 1.807) is 0 Å². The molecular formula is C22H43AlO3. The summed E-state index contributed by atoms with van der Waals surface area (Å²) in [5.41, 5.74) is 0. The van der Waals surface area contributed by atoms with E-state index in [-0.39, 0.29) is 29.6 Å². The molecule has 0 spiro atoms. The summed E-state index contributed by atoms with van der Waals surface area (Å²) in [5, 5.41) is 8.50. The molecule has 0 amide bonds. The minimum absolute atomic E-state index is 0. The van der Waals surface area contributed by atoms with Gasteiger partial charge in [-0.25, -0.2) is 0 Å². The van der Waals surface area contributed by atoms with Crippen LogP contribution in [0.4, 0.5) is 0 Å². The first-order chi connectivity index (χ1) is 12.2. The number of carboxylic acids is 1. The van der Waals surface area contributed by atoms with E-state index in [1.807, 2.05) is 0 Å². The Morgan fingerprint density at radius 3 is 1.58 bits per heavy atom. The number of carboxylic acid groups (broad SMARTS) is 1. The molecule has 0 aliphatic carbocycles.